The lowest BCUT2D eigenvalue weighted by molar-refractivity contribution is -0.384. The fourth-order valence-corrected chi connectivity index (χ4v) is 2.54. The van der Waals surface area contributed by atoms with Crippen LogP contribution in [0.4, 0.5) is 17.1 Å². The first-order valence-corrected chi connectivity index (χ1v) is 8.46. The molecule has 0 aliphatic carbocycles. The monoisotopic (exact) mass is 386 g/mol. The van der Waals surface area contributed by atoms with Crippen LogP contribution in [-0.4, -0.2) is 48.9 Å². The van der Waals surface area contributed by atoms with Crippen molar-refractivity contribution in [3.8, 4) is 5.75 Å². The van der Waals surface area contributed by atoms with Crippen molar-refractivity contribution in [2.45, 2.75) is 6.92 Å². The summed E-state index contributed by atoms with van der Waals surface area (Å²) in [6.07, 6.45) is 0. The number of methoxy groups -OCH3 is 1. The van der Waals surface area contributed by atoms with Crippen LogP contribution in [0.25, 0.3) is 0 Å². The first kappa shape index (κ1) is 20.8. The molecule has 0 aliphatic heterocycles. The van der Waals surface area contributed by atoms with Crippen LogP contribution in [0.15, 0.2) is 42.5 Å². The molecule has 0 bridgehead atoms. The van der Waals surface area contributed by atoms with E-state index < -0.39 is 4.92 Å². The predicted molar refractivity (Wildman–Crippen MR) is 106 cm³/mol. The van der Waals surface area contributed by atoms with Gasteiger partial charge in [0.1, 0.15) is 5.75 Å². The lowest BCUT2D eigenvalue weighted by Gasteiger charge is -2.16. The van der Waals surface area contributed by atoms with Crippen molar-refractivity contribution in [3.63, 3.8) is 0 Å². The summed E-state index contributed by atoms with van der Waals surface area (Å²) in [4.78, 5) is 36.1. The van der Waals surface area contributed by atoms with Crippen molar-refractivity contribution in [1.82, 2.24) is 4.90 Å². The van der Waals surface area contributed by atoms with Crippen molar-refractivity contribution in [2.75, 3.05) is 37.9 Å². The van der Waals surface area contributed by atoms with Crippen LogP contribution in [0.3, 0.4) is 0 Å². The van der Waals surface area contributed by atoms with E-state index in [0.717, 1.165) is 0 Å². The van der Waals surface area contributed by atoms with Crippen LogP contribution >= 0.6 is 0 Å². The molecule has 2 aromatic carbocycles. The molecule has 0 saturated carbocycles. The maximum atomic E-state index is 12.2. The molecule has 148 valence electrons. The van der Waals surface area contributed by atoms with Crippen molar-refractivity contribution in [2.24, 2.45) is 0 Å². The Kier molecular flexibility index (Phi) is 7.05. The second-order valence-corrected chi connectivity index (χ2v) is 6.26. The van der Waals surface area contributed by atoms with Gasteiger partial charge in [-0.2, -0.15) is 0 Å². The summed E-state index contributed by atoms with van der Waals surface area (Å²) < 4.78 is 5.10. The summed E-state index contributed by atoms with van der Waals surface area (Å²) in [5.74, 6) is 0.0349. The summed E-state index contributed by atoms with van der Waals surface area (Å²) in [5, 5.41) is 16.2. The molecule has 0 aromatic heterocycles. The molecule has 0 heterocycles. The highest BCUT2D eigenvalue weighted by molar-refractivity contribution is 5.95. The van der Waals surface area contributed by atoms with Gasteiger partial charge >= 0.3 is 0 Å². The van der Waals surface area contributed by atoms with Crippen LogP contribution in [0.5, 0.6) is 5.75 Å². The summed E-state index contributed by atoms with van der Waals surface area (Å²) in [6.45, 7) is 1.68. The minimum Gasteiger partial charge on any atom is -0.497 e. The fraction of sp³-hybridized carbons (Fsp3) is 0.263. The topological polar surface area (TPSA) is 114 Å². The van der Waals surface area contributed by atoms with Crippen molar-refractivity contribution < 1.29 is 19.2 Å². The number of rotatable bonds is 8. The minimum atomic E-state index is -0.493. The zero-order valence-corrected chi connectivity index (χ0v) is 15.9. The van der Waals surface area contributed by atoms with Crippen LogP contribution in [0.1, 0.15) is 5.56 Å². The van der Waals surface area contributed by atoms with Crippen molar-refractivity contribution in [3.05, 3.63) is 58.1 Å². The number of carbonyl (C=O) groups is 2. The Balaban J connectivity index is 1.86. The van der Waals surface area contributed by atoms with Gasteiger partial charge in [-0.25, -0.2) is 0 Å². The van der Waals surface area contributed by atoms with Crippen molar-refractivity contribution >= 4 is 28.9 Å². The number of carbonyl (C=O) groups excluding carboxylic acids is 2. The van der Waals surface area contributed by atoms with E-state index in [0.29, 0.717) is 22.7 Å². The quantitative estimate of drug-likeness (QED) is 0.532. The Morgan fingerprint density at radius 2 is 1.79 bits per heavy atom. The Hall–Kier alpha value is -3.46. The van der Waals surface area contributed by atoms with Gasteiger partial charge in [0.2, 0.25) is 11.8 Å². The Bertz CT molecular complexity index is 884. The highest BCUT2D eigenvalue weighted by Gasteiger charge is 2.14. The molecule has 28 heavy (non-hydrogen) atoms. The van der Waals surface area contributed by atoms with Gasteiger partial charge in [-0.15, -0.1) is 0 Å². The normalized spacial score (nSPS) is 10.4. The number of anilines is 2. The number of non-ortho nitro benzene ring substituents is 1. The molecule has 0 radical (unpaired) electrons. The number of nitro benzene ring substituents is 1. The van der Waals surface area contributed by atoms with E-state index in [9.17, 15) is 19.7 Å². The number of hydrogen-bond acceptors (Lipinski definition) is 6. The molecule has 2 rings (SSSR count). The van der Waals surface area contributed by atoms with E-state index in [-0.39, 0.29) is 30.6 Å². The smallest absolute Gasteiger partial charge is 0.269 e. The molecule has 0 aliphatic rings. The van der Waals surface area contributed by atoms with E-state index >= 15 is 0 Å². The molecule has 0 unspecified atom stereocenters. The lowest BCUT2D eigenvalue weighted by atomic mass is 10.2. The second kappa shape index (κ2) is 9.47. The zero-order chi connectivity index (χ0) is 20.7. The number of nitro groups is 1. The molecule has 9 nitrogen and oxygen atoms in total. The molecule has 2 amide bonds. The van der Waals surface area contributed by atoms with E-state index in [4.69, 9.17) is 4.74 Å². The lowest BCUT2D eigenvalue weighted by Crippen LogP contribution is -2.36. The van der Waals surface area contributed by atoms with E-state index in [2.05, 4.69) is 10.6 Å². The fourth-order valence-electron chi connectivity index (χ4n) is 2.54. The number of likely N-dealkylation sites (N-methyl/N-ethyl adjacent to an activating group) is 1. The Morgan fingerprint density at radius 1 is 1.11 bits per heavy atom. The standard InChI is InChI=1S/C19H22N4O5/c1-13-9-15(23(26)27)7-8-17(13)21-19(25)12-22(2)11-18(24)20-14-5-4-6-16(10-14)28-3/h4-10H,11-12H2,1-3H3,(H,20,24)(H,21,25). The maximum absolute atomic E-state index is 12.2. The molecule has 2 aromatic rings. The molecule has 0 saturated heterocycles. The molecular formula is C19H22N4O5. The number of ether oxygens (including phenoxy) is 1. The highest BCUT2D eigenvalue weighted by Crippen LogP contribution is 2.21. The van der Waals surface area contributed by atoms with Crippen LogP contribution < -0.4 is 15.4 Å². The zero-order valence-electron chi connectivity index (χ0n) is 15.9. The molecule has 0 fully saturated rings. The Morgan fingerprint density at radius 3 is 2.39 bits per heavy atom. The van der Waals surface area contributed by atoms with Gasteiger partial charge in [0, 0.05) is 29.6 Å². The van der Waals surface area contributed by atoms with E-state index in [1.165, 1.54) is 18.2 Å². The van der Waals surface area contributed by atoms with Gasteiger partial charge in [0.25, 0.3) is 5.69 Å². The van der Waals surface area contributed by atoms with Gasteiger partial charge in [-0.05, 0) is 37.7 Å². The van der Waals surface area contributed by atoms with Crippen LogP contribution in [-0.2, 0) is 9.59 Å². The number of nitrogens with one attached hydrogen (secondary N) is 2. The number of benzene rings is 2. The van der Waals surface area contributed by atoms with E-state index in [1.54, 1.807) is 50.2 Å². The van der Waals surface area contributed by atoms with Crippen LogP contribution in [0.2, 0.25) is 0 Å². The minimum absolute atomic E-state index is 0.0119. The number of amides is 2. The third-order valence-electron chi connectivity index (χ3n) is 3.88. The number of aryl methyl sites for hydroxylation is 1. The van der Waals surface area contributed by atoms with Crippen LogP contribution in [0, 0.1) is 17.0 Å². The molecule has 0 atom stereocenters. The SMILES string of the molecule is COc1cccc(NC(=O)CN(C)CC(=O)Nc2ccc([N+](=O)[O-])cc2C)c1. The largest absolute Gasteiger partial charge is 0.497 e. The van der Waals surface area contributed by atoms with Gasteiger partial charge in [-0.1, -0.05) is 6.07 Å². The maximum Gasteiger partial charge on any atom is 0.269 e. The molecule has 2 N–H and O–H groups in total. The van der Waals surface area contributed by atoms with E-state index in [1.807, 2.05) is 0 Å². The number of hydrogen-bond donors (Lipinski definition) is 2. The molecular weight excluding hydrogens is 364 g/mol. The van der Waals surface area contributed by atoms with Crippen molar-refractivity contribution in [1.29, 1.82) is 0 Å². The first-order valence-electron chi connectivity index (χ1n) is 8.46. The van der Waals surface area contributed by atoms with Gasteiger partial charge < -0.3 is 15.4 Å². The Labute approximate surface area is 162 Å². The van der Waals surface area contributed by atoms with Gasteiger partial charge in [0.15, 0.2) is 0 Å². The molecule has 9 heteroatoms. The number of nitrogens with zero attached hydrogens (tertiary/aromatic N) is 2. The summed E-state index contributed by atoms with van der Waals surface area (Å²) >= 11 is 0. The van der Waals surface area contributed by atoms with Gasteiger partial charge in [-0.3, -0.25) is 24.6 Å². The first-order chi connectivity index (χ1) is 13.3. The van der Waals surface area contributed by atoms with Gasteiger partial charge in [0.05, 0.1) is 25.1 Å². The summed E-state index contributed by atoms with van der Waals surface area (Å²) in [5.41, 5.74) is 1.64. The third kappa shape index (κ3) is 6.06. The highest BCUT2D eigenvalue weighted by atomic mass is 16.6. The molecule has 0 spiro atoms. The third-order valence-corrected chi connectivity index (χ3v) is 3.88. The summed E-state index contributed by atoms with van der Waals surface area (Å²) in [6, 6.07) is 11.2. The average molecular weight is 386 g/mol. The summed E-state index contributed by atoms with van der Waals surface area (Å²) in [7, 11) is 3.19. The average Bonchev–Trinajstić information content (AvgIpc) is 2.62. The predicted octanol–water partition coefficient (Wildman–Crippen LogP) is 2.42. The second-order valence-electron chi connectivity index (χ2n) is 6.26.